The van der Waals surface area contributed by atoms with Crippen molar-refractivity contribution in [3.05, 3.63) is 0 Å². The van der Waals surface area contributed by atoms with E-state index < -0.39 is 5.97 Å². The van der Waals surface area contributed by atoms with E-state index in [1.165, 1.54) is 6.42 Å². The number of piperidine rings is 2. The summed E-state index contributed by atoms with van der Waals surface area (Å²) in [5.41, 5.74) is 0. The summed E-state index contributed by atoms with van der Waals surface area (Å²) in [6.45, 7) is 4.73. The Labute approximate surface area is 127 Å². The number of carboxylic acids is 1. The summed E-state index contributed by atoms with van der Waals surface area (Å²) in [5.74, 6) is -0.00468. The van der Waals surface area contributed by atoms with Gasteiger partial charge in [-0.2, -0.15) is 0 Å². The third-order valence-corrected chi connectivity index (χ3v) is 5.03. The molecular formula is C16H28N2O3. The van der Waals surface area contributed by atoms with Gasteiger partial charge < -0.3 is 14.9 Å². The van der Waals surface area contributed by atoms with Crippen molar-refractivity contribution in [3.8, 4) is 0 Å². The number of hydrogen-bond acceptors (Lipinski definition) is 2. The maximum Gasteiger partial charge on any atom is 0.320 e. The summed E-state index contributed by atoms with van der Waals surface area (Å²) < 4.78 is 0. The number of nitrogens with zero attached hydrogens (tertiary/aromatic N) is 2. The Morgan fingerprint density at radius 1 is 1.10 bits per heavy atom. The highest BCUT2D eigenvalue weighted by molar-refractivity contribution is 5.75. The summed E-state index contributed by atoms with van der Waals surface area (Å²) in [6.07, 6.45) is 7.26. The summed E-state index contributed by atoms with van der Waals surface area (Å²) in [5, 5.41) is 8.86. The second kappa shape index (κ2) is 7.66. The number of carboxylic acid groups (broad SMARTS) is 1. The van der Waals surface area contributed by atoms with E-state index in [9.17, 15) is 9.59 Å². The van der Waals surface area contributed by atoms with Crippen LogP contribution in [-0.4, -0.2) is 52.6 Å². The zero-order valence-electron chi connectivity index (χ0n) is 13.1. The molecule has 0 aliphatic carbocycles. The fourth-order valence-corrected chi connectivity index (χ4v) is 3.56. The van der Waals surface area contributed by atoms with E-state index in [4.69, 9.17) is 5.11 Å². The average molecular weight is 296 g/mol. The Kier molecular flexibility index (Phi) is 5.88. The molecule has 1 unspecified atom stereocenters. The van der Waals surface area contributed by atoms with E-state index in [1.807, 2.05) is 9.80 Å². The molecule has 2 saturated heterocycles. The first-order valence-electron chi connectivity index (χ1n) is 8.39. The molecule has 0 saturated carbocycles. The molecule has 0 aromatic rings. The van der Waals surface area contributed by atoms with Crippen LogP contribution in [-0.2, 0) is 4.79 Å². The average Bonchev–Trinajstić information content (AvgIpc) is 2.52. The molecule has 2 aliphatic heterocycles. The number of rotatable bonds is 4. The van der Waals surface area contributed by atoms with Crippen molar-refractivity contribution in [2.45, 2.75) is 64.3 Å². The molecule has 2 fully saturated rings. The van der Waals surface area contributed by atoms with Gasteiger partial charge in [0.05, 0.1) is 0 Å². The van der Waals surface area contributed by atoms with E-state index in [1.54, 1.807) is 0 Å². The van der Waals surface area contributed by atoms with Gasteiger partial charge in [-0.1, -0.05) is 13.3 Å². The van der Waals surface area contributed by atoms with Gasteiger partial charge in [0.15, 0.2) is 0 Å². The van der Waals surface area contributed by atoms with Crippen molar-refractivity contribution >= 4 is 12.0 Å². The number of likely N-dealkylation sites (tertiary alicyclic amines) is 2. The lowest BCUT2D eigenvalue weighted by Gasteiger charge is -2.41. The minimum absolute atomic E-state index is 0.117. The number of carbonyl (C=O) groups is 2. The highest BCUT2D eigenvalue weighted by atomic mass is 16.4. The Balaban J connectivity index is 1.90. The molecule has 2 rings (SSSR count). The summed E-state index contributed by atoms with van der Waals surface area (Å²) in [7, 11) is 0. The lowest BCUT2D eigenvalue weighted by molar-refractivity contribution is -0.137. The van der Waals surface area contributed by atoms with Crippen molar-refractivity contribution < 1.29 is 14.7 Å². The predicted octanol–water partition coefficient (Wildman–Crippen LogP) is 2.95. The molecule has 5 nitrogen and oxygen atoms in total. The standard InChI is InChI=1S/C16H28N2O3/c1-2-13-8-11-17(12-9-13)16(21)18-10-4-3-5-14(18)6-7-15(19)20/h13-14H,2-12H2,1H3,(H,19,20). The highest BCUT2D eigenvalue weighted by Crippen LogP contribution is 2.25. The van der Waals surface area contributed by atoms with Gasteiger partial charge in [-0.25, -0.2) is 4.79 Å². The normalized spacial score (nSPS) is 24.1. The first-order chi connectivity index (χ1) is 10.1. The van der Waals surface area contributed by atoms with Crippen LogP contribution in [0.5, 0.6) is 0 Å². The topological polar surface area (TPSA) is 60.9 Å². The van der Waals surface area contributed by atoms with Gasteiger partial charge in [0.1, 0.15) is 0 Å². The predicted molar refractivity (Wildman–Crippen MR) is 81.2 cm³/mol. The third-order valence-electron chi connectivity index (χ3n) is 5.03. The van der Waals surface area contributed by atoms with Gasteiger partial charge in [-0.05, 0) is 44.4 Å². The molecule has 1 N–H and O–H groups in total. The van der Waals surface area contributed by atoms with Crippen LogP contribution < -0.4 is 0 Å². The lowest BCUT2D eigenvalue weighted by atomic mass is 9.94. The molecule has 0 bridgehead atoms. The van der Waals surface area contributed by atoms with Crippen LogP contribution in [0.4, 0.5) is 4.79 Å². The number of aliphatic carboxylic acids is 1. The number of carbonyl (C=O) groups excluding carboxylic acids is 1. The van der Waals surface area contributed by atoms with Crippen molar-refractivity contribution in [2.75, 3.05) is 19.6 Å². The number of hydrogen-bond donors (Lipinski definition) is 1. The second-order valence-electron chi connectivity index (χ2n) is 6.40. The molecule has 2 heterocycles. The monoisotopic (exact) mass is 296 g/mol. The smallest absolute Gasteiger partial charge is 0.320 e. The van der Waals surface area contributed by atoms with Crippen LogP contribution in [0.1, 0.15) is 58.3 Å². The first-order valence-corrected chi connectivity index (χ1v) is 8.39. The van der Waals surface area contributed by atoms with Gasteiger partial charge in [0.2, 0.25) is 0 Å². The van der Waals surface area contributed by atoms with Crippen LogP contribution in [0.15, 0.2) is 0 Å². The number of urea groups is 1. The lowest BCUT2D eigenvalue weighted by Crippen LogP contribution is -2.52. The van der Waals surface area contributed by atoms with E-state index in [0.29, 0.717) is 6.42 Å². The quantitative estimate of drug-likeness (QED) is 0.867. The molecule has 120 valence electrons. The molecule has 5 heteroatoms. The van der Waals surface area contributed by atoms with E-state index in [-0.39, 0.29) is 18.5 Å². The Bertz CT molecular complexity index is 365. The number of amides is 2. The van der Waals surface area contributed by atoms with Gasteiger partial charge in [-0.3, -0.25) is 4.79 Å². The Morgan fingerprint density at radius 2 is 1.81 bits per heavy atom. The molecule has 2 amide bonds. The fourth-order valence-electron chi connectivity index (χ4n) is 3.56. The fraction of sp³-hybridized carbons (Fsp3) is 0.875. The van der Waals surface area contributed by atoms with E-state index in [0.717, 1.165) is 57.7 Å². The van der Waals surface area contributed by atoms with Gasteiger partial charge in [0.25, 0.3) is 0 Å². The van der Waals surface area contributed by atoms with Gasteiger partial charge in [0, 0.05) is 32.1 Å². The van der Waals surface area contributed by atoms with E-state index >= 15 is 0 Å². The summed E-state index contributed by atoms with van der Waals surface area (Å²) in [4.78, 5) is 27.4. The molecule has 21 heavy (non-hydrogen) atoms. The maximum absolute atomic E-state index is 12.7. The molecule has 0 spiro atoms. The molecule has 0 radical (unpaired) electrons. The SMILES string of the molecule is CCC1CCN(C(=O)N2CCCCC2CCC(=O)O)CC1. The summed E-state index contributed by atoms with van der Waals surface area (Å²) in [6, 6.07) is 0.255. The van der Waals surface area contributed by atoms with Crippen LogP contribution >= 0.6 is 0 Å². The second-order valence-corrected chi connectivity index (χ2v) is 6.40. The first kappa shape index (κ1) is 16.1. The summed E-state index contributed by atoms with van der Waals surface area (Å²) >= 11 is 0. The van der Waals surface area contributed by atoms with Crippen LogP contribution in [0.25, 0.3) is 0 Å². The van der Waals surface area contributed by atoms with Crippen LogP contribution in [0.2, 0.25) is 0 Å². The van der Waals surface area contributed by atoms with Gasteiger partial charge >= 0.3 is 12.0 Å². The minimum atomic E-state index is -0.767. The molecule has 0 aromatic heterocycles. The minimum Gasteiger partial charge on any atom is -0.481 e. The molecular weight excluding hydrogens is 268 g/mol. The zero-order valence-corrected chi connectivity index (χ0v) is 13.1. The van der Waals surface area contributed by atoms with Crippen molar-refractivity contribution in [2.24, 2.45) is 5.92 Å². The van der Waals surface area contributed by atoms with Crippen LogP contribution in [0.3, 0.4) is 0 Å². The van der Waals surface area contributed by atoms with Gasteiger partial charge in [-0.15, -0.1) is 0 Å². The molecule has 0 aromatic carbocycles. The Hall–Kier alpha value is -1.26. The van der Waals surface area contributed by atoms with Crippen LogP contribution in [0, 0.1) is 5.92 Å². The van der Waals surface area contributed by atoms with E-state index in [2.05, 4.69) is 6.92 Å². The Morgan fingerprint density at radius 3 is 2.43 bits per heavy atom. The maximum atomic E-state index is 12.7. The highest BCUT2D eigenvalue weighted by Gasteiger charge is 2.31. The molecule has 1 atom stereocenters. The largest absolute Gasteiger partial charge is 0.481 e. The van der Waals surface area contributed by atoms with Crippen molar-refractivity contribution in [1.29, 1.82) is 0 Å². The third kappa shape index (κ3) is 4.35. The van der Waals surface area contributed by atoms with Crippen molar-refractivity contribution in [1.82, 2.24) is 9.80 Å². The van der Waals surface area contributed by atoms with Crippen molar-refractivity contribution in [3.63, 3.8) is 0 Å². The molecule has 2 aliphatic rings. The zero-order chi connectivity index (χ0) is 15.2.